The standard InChI is InChI=1S/C13H18N4O/c18-13(17-8-2-1-3-9-17)11-6-7-12(16-15-11)14-10-4-5-10/h6-7,10H,1-5,8-9H2,(H,14,16). The monoisotopic (exact) mass is 246 g/mol. The second kappa shape index (κ2) is 4.92. The van der Waals surface area contributed by atoms with Gasteiger partial charge in [-0.15, -0.1) is 10.2 Å². The van der Waals surface area contributed by atoms with Crippen molar-refractivity contribution in [1.29, 1.82) is 0 Å². The lowest BCUT2D eigenvalue weighted by Crippen LogP contribution is -2.36. The maximum absolute atomic E-state index is 12.1. The van der Waals surface area contributed by atoms with Crippen molar-refractivity contribution in [2.24, 2.45) is 0 Å². The highest BCUT2D eigenvalue weighted by Gasteiger charge is 2.22. The molecule has 1 aromatic rings. The average molecular weight is 246 g/mol. The number of amides is 1. The minimum atomic E-state index is 0.0140. The summed E-state index contributed by atoms with van der Waals surface area (Å²) in [5.41, 5.74) is 0.457. The second-order valence-corrected chi connectivity index (χ2v) is 5.08. The van der Waals surface area contributed by atoms with E-state index in [1.165, 1.54) is 19.3 Å². The number of piperidine rings is 1. The number of carbonyl (C=O) groups excluding carboxylic acids is 1. The Labute approximate surface area is 107 Å². The van der Waals surface area contributed by atoms with Crippen LogP contribution in [-0.2, 0) is 0 Å². The fourth-order valence-corrected chi connectivity index (χ4v) is 2.22. The van der Waals surface area contributed by atoms with E-state index in [9.17, 15) is 4.79 Å². The van der Waals surface area contributed by atoms with Gasteiger partial charge in [0.05, 0.1) is 0 Å². The summed E-state index contributed by atoms with van der Waals surface area (Å²) in [6, 6.07) is 4.18. The van der Waals surface area contributed by atoms with Crippen LogP contribution < -0.4 is 5.32 Å². The first-order valence-electron chi connectivity index (χ1n) is 6.72. The van der Waals surface area contributed by atoms with E-state index >= 15 is 0 Å². The molecule has 0 unspecified atom stereocenters. The lowest BCUT2D eigenvalue weighted by atomic mass is 10.1. The molecule has 18 heavy (non-hydrogen) atoms. The summed E-state index contributed by atoms with van der Waals surface area (Å²) in [5, 5.41) is 11.4. The van der Waals surface area contributed by atoms with E-state index < -0.39 is 0 Å². The highest BCUT2D eigenvalue weighted by atomic mass is 16.2. The van der Waals surface area contributed by atoms with Gasteiger partial charge in [0.15, 0.2) is 5.69 Å². The summed E-state index contributed by atoms with van der Waals surface area (Å²) in [7, 11) is 0. The Morgan fingerprint density at radius 2 is 1.94 bits per heavy atom. The average Bonchev–Trinajstić information content (AvgIpc) is 3.24. The minimum Gasteiger partial charge on any atom is -0.366 e. The molecule has 0 aromatic carbocycles. The minimum absolute atomic E-state index is 0.0140. The SMILES string of the molecule is O=C(c1ccc(NC2CC2)nn1)N1CCCCC1. The van der Waals surface area contributed by atoms with E-state index in [0.29, 0.717) is 11.7 Å². The second-order valence-electron chi connectivity index (χ2n) is 5.08. The van der Waals surface area contributed by atoms with Crippen LogP contribution in [0.4, 0.5) is 5.82 Å². The van der Waals surface area contributed by atoms with Crippen LogP contribution in [0.3, 0.4) is 0 Å². The van der Waals surface area contributed by atoms with Gasteiger partial charge in [-0.05, 0) is 44.2 Å². The molecular formula is C13H18N4O. The Morgan fingerprint density at radius 3 is 2.56 bits per heavy atom. The van der Waals surface area contributed by atoms with E-state index in [4.69, 9.17) is 0 Å². The van der Waals surface area contributed by atoms with Gasteiger partial charge in [-0.1, -0.05) is 0 Å². The smallest absolute Gasteiger partial charge is 0.274 e. The first-order chi connectivity index (χ1) is 8.83. The highest BCUT2D eigenvalue weighted by Crippen LogP contribution is 2.23. The van der Waals surface area contributed by atoms with Crippen molar-refractivity contribution in [3.05, 3.63) is 17.8 Å². The summed E-state index contributed by atoms with van der Waals surface area (Å²) in [6.45, 7) is 1.70. The van der Waals surface area contributed by atoms with Crippen molar-refractivity contribution in [3.8, 4) is 0 Å². The van der Waals surface area contributed by atoms with Gasteiger partial charge in [-0.2, -0.15) is 0 Å². The number of likely N-dealkylation sites (tertiary alicyclic amines) is 1. The van der Waals surface area contributed by atoms with Crippen LogP contribution >= 0.6 is 0 Å². The number of hydrogen-bond acceptors (Lipinski definition) is 4. The zero-order valence-electron chi connectivity index (χ0n) is 10.4. The third-order valence-electron chi connectivity index (χ3n) is 3.46. The molecule has 1 amide bonds. The van der Waals surface area contributed by atoms with Crippen molar-refractivity contribution in [3.63, 3.8) is 0 Å². The lowest BCUT2D eigenvalue weighted by molar-refractivity contribution is 0.0717. The predicted molar refractivity (Wildman–Crippen MR) is 68.4 cm³/mol. The van der Waals surface area contributed by atoms with Gasteiger partial charge in [0.25, 0.3) is 5.91 Å². The van der Waals surface area contributed by atoms with Crippen molar-refractivity contribution in [2.75, 3.05) is 18.4 Å². The largest absolute Gasteiger partial charge is 0.366 e. The summed E-state index contributed by atoms with van der Waals surface area (Å²) < 4.78 is 0. The predicted octanol–water partition coefficient (Wildman–Crippen LogP) is 1.68. The maximum atomic E-state index is 12.1. The molecular weight excluding hydrogens is 228 g/mol. The number of hydrogen-bond donors (Lipinski definition) is 1. The highest BCUT2D eigenvalue weighted by molar-refractivity contribution is 5.92. The first-order valence-corrected chi connectivity index (χ1v) is 6.72. The molecule has 1 aliphatic heterocycles. The number of nitrogens with one attached hydrogen (secondary N) is 1. The van der Waals surface area contributed by atoms with E-state index in [1.807, 2.05) is 11.0 Å². The normalized spacial score (nSPS) is 19.7. The Hall–Kier alpha value is -1.65. The molecule has 3 rings (SSSR count). The van der Waals surface area contributed by atoms with Gasteiger partial charge in [-0.25, -0.2) is 0 Å². The number of aromatic nitrogens is 2. The topological polar surface area (TPSA) is 58.1 Å². The van der Waals surface area contributed by atoms with Gasteiger partial charge in [0.2, 0.25) is 0 Å². The molecule has 0 bridgehead atoms. The van der Waals surface area contributed by atoms with Crippen LogP contribution in [0, 0.1) is 0 Å². The molecule has 2 heterocycles. The Morgan fingerprint density at radius 1 is 1.17 bits per heavy atom. The van der Waals surface area contributed by atoms with Gasteiger partial charge in [0.1, 0.15) is 5.82 Å². The summed E-state index contributed by atoms with van der Waals surface area (Å²) in [6.07, 6.45) is 5.83. The summed E-state index contributed by atoms with van der Waals surface area (Å²) in [4.78, 5) is 14.0. The van der Waals surface area contributed by atoms with E-state index in [0.717, 1.165) is 31.7 Å². The third kappa shape index (κ3) is 2.60. The number of nitrogens with zero attached hydrogens (tertiary/aromatic N) is 3. The molecule has 5 heteroatoms. The molecule has 0 radical (unpaired) electrons. The molecule has 1 saturated carbocycles. The summed E-state index contributed by atoms with van der Waals surface area (Å²) >= 11 is 0. The van der Waals surface area contributed by atoms with Crippen LogP contribution in [0.2, 0.25) is 0 Å². The van der Waals surface area contributed by atoms with Crippen LogP contribution in [0.25, 0.3) is 0 Å². The molecule has 0 spiro atoms. The molecule has 0 atom stereocenters. The molecule has 2 fully saturated rings. The van der Waals surface area contributed by atoms with E-state index in [-0.39, 0.29) is 5.91 Å². The molecule has 5 nitrogen and oxygen atoms in total. The van der Waals surface area contributed by atoms with Crippen molar-refractivity contribution in [1.82, 2.24) is 15.1 Å². The van der Waals surface area contributed by atoms with Crippen LogP contribution in [-0.4, -0.2) is 40.1 Å². The fraction of sp³-hybridized carbons (Fsp3) is 0.615. The van der Waals surface area contributed by atoms with Crippen LogP contribution in [0.5, 0.6) is 0 Å². The van der Waals surface area contributed by atoms with Gasteiger partial charge in [0, 0.05) is 19.1 Å². The fourth-order valence-electron chi connectivity index (χ4n) is 2.22. The summed E-state index contributed by atoms with van der Waals surface area (Å²) in [5.74, 6) is 0.785. The molecule has 1 saturated heterocycles. The zero-order chi connectivity index (χ0) is 12.4. The van der Waals surface area contributed by atoms with Crippen molar-refractivity contribution in [2.45, 2.75) is 38.1 Å². The molecule has 2 aliphatic rings. The van der Waals surface area contributed by atoms with Gasteiger partial charge in [-0.3, -0.25) is 4.79 Å². The number of anilines is 1. The first kappa shape index (κ1) is 11.4. The Balaban J connectivity index is 1.65. The zero-order valence-corrected chi connectivity index (χ0v) is 10.4. The molecule has 1 aromatic heterocycles. The van der Waals surface area contributed by atoms with E-state index in [2.05, 4.69) is 15.5 Å². The Bertz CT molecular complexity index is 421. The van der Waals surface area contributed by atoms with Gasteiger partial charge >= 0.3 is 0 Å². The van der Waals surface area contributed by atoms with Crippen LogP contribution in [0.15, 0.2) is 12.1 Å². The number of rotatable bonds is 3. The molecule has 1 aliphatic carbocycles. The van der Waals surface area contributed by atoms with Crippen LogP contribution in [0.1, 0.15) is 42.6 Å². The maximum Gasteiger partial charge on any atom is 0.274 e. The number of carbonyl (C=O) groups is 1. The quantitative estimate of drug-likeness (QED) is 0.881. The van der Waals surface area contributed by atoms with Gasteiger partial charge < -0.3 is 10.2 Å². The molecule has 96 valence electrons. The van der Waals surface area contributed by atoms with Crippen molar-refractivity contribution < 1.29 is 4.79 Å². The lowest BCUT2D eigenvalue weighted by Gasteiger charge is -2.26. The third-order valence-corrected chi connectivity index (χ3v) is 3.46. The van der Waals surface area contributed by atoms with Crippen molar-refractivity contribution >= 4 is 11.7 Å². The Kier molecular flexibility index (Phi) is 3.13. The molecule has 1 N–H and O–H groups in total. The van der Waals surface area contributed by atoms with E-state index in [1.54, 1.807) is 6.07 Å².